The highest BCUT2D eigenvalue weighted by molar-refractivity contribution is 6.36. The van der Waals surface area contributed by atoms with E-state index in [-0.39, 0.29) is 11.7 Å². The first kappa shape index (κ1) is 19.5. The molecule has 0 radical (unpaired) electrons. The summed E-state index contributed by atoms with van der Waals surface area (Å²) in [6.07, 6.45) is 0.892. The maximum absolute atomic E-state index is 13.4. The Morgan fingerprint density at radius 2 is 2.00 bits per heavy atom. The Balaban J connectivity index is 1.89. The molecule has 1 unspecified atom stereocenters. The zero-order valence-corrected chi connectivity index (χ0v) is 16.1. The van der Waals surface area contributed by atoms with Gasteiger partial charge in [0.2, 0.25) is 0 Å². The third-order valence-corrected chi connectivity index (χ3v) is 5.52. The Labute approximate surface area is 161 Å². The first-order chi connectivity index (χ1) is 12.4. The molecule has 2 heterocycles. The predicted molar refractivity (Wildman–Crippen MR) is 97.8 cm³/mol. The number of rotatable bonds is 6. The minimum Gasteiger partial charge on any atom is -0.362 e. The van der Waals surface area contributed by atoms with Crippen molar-refractivity contribution in [2.24, 2.45) is 7.05 Å². The number of halogens is 4. The molecule has 0 aliphatic carbocycles. The molecule has 4 nitrogen and oxygen atoms in total. The van der Waals surface area contributed by atoms with E-state index in [1.165, 1.54) is 11.8 Å². The van der Waals surface area contributed by atoms with E-state index in [2.05, 4.69) is 10.00 Å². The Morgan fingerprint density at radius 1 is 1.31 bits per heavy atom. The maximum Gasteiger partial charge on any atom is 0.282 e. The van der Waals surface area contributed by atoms with Crippen molar-refractivity contribution in [1.82, 2.24) is 14.7 Å². The van der Waals surface area contributed by atoms with Gasteiger partial charge in [0.25, 0.3) is 6.43 Å². The highest BCUT2D eigenvalue weighted by Gasteiger charge is 2.35. The van der Waals surface area contributed by atoms with E-state index in [9.17, 15) is 8.78 Å². The average Bonchev–Trinajstić information content (AvgIpc) is 3.19. The Kier molecular flexibility index (Phi) is 6.17. The summed E-state index contributed by atoms with van der Waals surface area (Å²) in [5.41, 5.74) is 1.05. The lowest BCUT2D eigenvalue weighted by Gasteiger charge is -2.32. The summed E-state index contributed by atoms with van der Waals surface area (Å²) in [6, 6.07) is 5.53. The number of likely N-dealkylation sites (tertiary alicyclic amines) is 1. The second-order valence-electron chi connectivity index (χ2n) is 6.47. The summed E-state index contributed by atoms with van der Waals surface area (Å²) >= 11 is 12.6. The summed E-state index contributed by atoms with van der Waals surface area (Å²) < 4.78 is 33.8. The van der Waals surface area contributed by atoms with Crippen LogP contribution in [-0.2, 0) is 18.2 Å². The Hall–Kier alpha value is -1.21. The highest BCUT2D eigenvalue weighted by Crippen LogP contribution is 2.37. The molecular formula is C18H21Cl2F2N3O. The standard InChI is InChI=1S/C18H21Cl2F2N3O/c1-24-10-13(16(23-24)17(21)22)18(26-2)25-8-4-5-11(25)9-12-14(19)6-3-7-15(12)20/h3,6-7,10-11,17-18H,4-5,8-9H2,1-2H3/t11-,18?/m1/s1. The molecule has 3 rings (SSSR count). The summed E-state index contributed by atoms with van der Waals surface area (Å²) in [5, 5.41) is 5.14. The molecule has 0 saturated carbocycles. The number of ether oxygens (including phenoxy) is 1. The van der Waals surface area contributed by atoms with Gasteiger partial charge in [-0.25, -0.2) is 8.78 Å². The minimum atomic E-state index is -2.65. The van der Waals surface area contributed by atoms with E-state index in [0.717, 1.165) is 24.9 Å². The smallest absolute Gasteiger partial charge is 0.282 e. The van der Waals surface area contributed by atoms with Gasteiger partial charge < -0.3 is 4.74 Å². The van der Waals surface area contributed by atoms with Gasteiger partial charge in [-0.1, -0.05) is 29.3 Å². The number of aromatic nitrogens is 2. The quantitative estimate of drug-likeness (QED) is 0.678. The molecular weight excluding hydrogens is 383 g/mol. The van der Waals surface area contributed by atoms with Crippen LogP contribution in [-0.4, -0.2) is 34.4 Å². The lowest BCUT2D eigenvalue weighted by molar-refractivity contribution is -0.0442. The molecule has 1 fully saturated rings. The molecule has 2 aromatic rings. The van der Waals surface area contributed by atoms with E-state index >= 15 is 0 Å². The summed E-state index contributed by atoms with van der Waals surface area (Å²) in [4.78, 5) is 2.10. The Morgan fingerprint density at radius 3 is 2.62 bits per heavy atom. The monoisotopic (exact) mass is 403 g/mol. The number of hydrogen-bond donors (Lipinski definition) is 0. The van der Waals surface area contributed by atoms with Crippen molar-refractivity contribution < 1.29 is 13.5 Å². The number of alkyl halides is 2. The van der Waals surface area contributed by atoms with E-state index in [1.54, 1.807) is 13.2 Å². The van der Waals surface area contributed by atoms with Crippen molar-refractivity contribution in [2.75, 3.05) is 13.7 Å². The molecule has 1 aliphatic heterocycles. The summed E-state index contributed by atoms with van der Waals surface area (Å²) in [6.45, 7) is 0.753. The van der Waals surface area contributed by atoms with Crippen molar-refractivity contribution in [3.05, 3.63) is 51.3 Å². The number of methoxy groups -OCH3 is 1. The van der Waals surface area contributed by atoms with Crippen molar-refractivity contribution in [1.29, 1.82) is 0 Å². The summed E-state index contributed by atoms with van der Waals surface area (Å²) in [7, 11) is 3.16. The van der Waals surface area contributed by atoms with Crippen LogP contribution in [0.2, 0.25) is 10.0 Å². The van der Waals surface area contributed by atoms with Crippen molar-refractivity contribution in [3.63, 3.8) is 0 Å². The fourth-order valence-electron chi connectivity index (χ4n) is 3.67. The van der Waals surface area contributed by atoms with E-state index in [4.69, 9.17) is 27.9 Å². The van der Waals surface area contributed by atoms with Crippen LogP contribution in [0.3, 0.4) is 0 Å². The maximum atomic E-state index is 13.4. The topological polar surface area (TPSA) is 30.3 Å². The Bertz CT molecular complexity index is 749. The van der Waals surface area contributed by atoms with Gasteiger partial charge in [-0.2, -0.15) is 5.10 Å². The molecule has 26 heavy (non-hydrogen) atoms. The molecule has 0 amide bonds. The van der Waals surface area contributed by atoms with Crippen LogP contribution in [0.1, 0.15) is 42.3 Å². The van der Waals surface area contributed by atoms with Crippen LogP contribution < -0.4 is 0 Å². The molecule has 0 bridgehead atoms. The van der Waals surface area contributed by atoms with E-state index in [0.29, 0.717) is 22.0 Å². The normalized spacial score (nSPS) is 19.4. The minimum absolute atomic E-state index is 0.100. The average molecular weight is 404 g/mol. The van der Waals surface area contributed by atoms with Gasteiger partial charge in [-0.15, -0.1) is 0 Å². The molecule has 142 valence electrons. The van der Waals surface area contributed by atoms with Gasteiger partial charge in [0.05, 0.1) is 0 Å². The zero-order chi connectivity index (χ0) is 18.8. The van der Waals surface area contributed by atoms with Crippen molar-refractivity contribution in [3.8, 4) is 0 Å². The van der Waals surface area contributed by atoms with Gasteiger partial charge >= 0.3 is 0 Å². The number of hydrogen-bond acceptors (Lipinski definition) is 3. The molecule has 1 saturated heterocycles. The van der Waals surface area contributed by atoms with Crippen molar-refractivity contribution >= 4 is 23.2 Å². The largest absolute Gasteiger partial charge is 0.362 e. The summed E-state index contributed by atoms with van der Waals surface area (Å²) in [5.74, 6) is 0. The SMILES string of the molecule is COC(c1cn(C)nc1C(F)F)N1CCC[C@@H]1Cc1c(Cl)cccc1Cl. The first-order valence-electron chi connectivity index (χ1n) is 8.45. The molecule has 1 aromatic carbocycles. The molecule has 1 aromatic heterocycles. The van der Waals surface area contributed by atoms with E-state index in [1.807, 2.05) is 18.2 Å². The molecule has 0 spiro atoms. The zero-order valence-electron chi connectivity index (χ0n) is 14.6. The second-order valence-corrected chi connectivity index (χ2v) is 7.28. The fourth-order valence-corrected chi connectivity index (χ4v) is 4.23. The van der Waals surface area contributed by atoms with Gasteiger partial charge in [-0.05, 0) is 37.0 Å². The molecule has 2 atom stereocenters. The van der Waals surface area contributed by atoms with Crippen LogP contribution in [0, 0.1) is 0 Å². The van der Waals surface area contributed by atoms with Crippen LogP contribution in [0.25, 0.3) is 0 Å². The third kappa shape index (κ3) is 3.88. The number of benzene rings is 1. The highest BCUT2D eigenvalue weighted by atomic mass is 35.5. The molecule has 8 heteroatoms. The van der Waals surface area contributed by atoms with Gasteiger partial charge in [-0.3, -0.25) is 9.58 Å². The number of nitrogens with zero attached hydrogens (tertiary/aromatic N) is 3. The van der Waals surface area contributed by atoms with E-state index < -0.39 is 12.7 Å². The fraction of sp³-hybridized carbons (Fsp3) is 0.500. The van der Waals surface area contributed by atoms with Crippen LogP contribution >= 0.6 is 23.2 Å². The van der Waals surface area contributed by atoms with Crippen LogP contribution in [0.15, 0.2) is 24.4 Å². The first-order valence-corrected chi connectivity index (χ1v) is 9.21. The van der Waals surface area contributed by atoms with Crippen LogP contribution in [0.5, 0.6) is 0 Å². The second kappa shape index (κ2) is 8.21. The van der Waals surface area contributed by atoms with Gasteiger partial charge in [0, 0.05) is 48.5 Å². The van der Waals surface area contributed by atoms with Crippen LogP contribution in [0.4, 0.5) is 8.78 Å². The molecule has 0 N–H and O–H groups in total. The lowest BCUT2D eigenvalue weighted by Crippen LogP contribution is -2.36. The predicted octanol–water partition coefficient (Wildman–Crippen LogP) is 5.02. The third-order valence-electron chi connectivity index (χ3n) is 4.81. The lowest BCUT2D eigenvalue weighted by atomic mass is 10.0. The molecule has 1 aliphatic rings. The van der Waals surface area contributed by atoms with Crippen molar-refractivity contribution in [2.45, 2.75) is 38.0 Å². The van der Waals surface area contributed by atoms with Gasteiger partial charge in [0.15, 0.2) is 0 Å². The van der Waals surface area contributed by atoms with Gasteiger partial charge in [0.1, 0.15) is 11.9 Å². The number of aryl methyl sites for hydroxylation is 1.